The largest absolute Gasteiger partial charge is 0.273 e. The summed E-state index contributed by atoms with van der Waals surface area (Å²) in [5.74, 6) is -0.309. The molecule has 0 aromatic heterocycles. The number of hydrogen-bond donors (Lipinski definition) is 0. The molecule has 2 aliphatic rings. The molecule has 86 valence electrons. The van der Waals surface area contributed by atoms with Gasteiger partial charge in [-0.2, -0.15) is 0 Å². The van der Waals surface area contributed by atoms with Gasteiger partial charge in [-0.15, -0.1) is 11.8 Å². The molecule has 1 aromatic carbocycles. The zero-order chi connectivity index (χ0) is 11.8. The number of nitrogens with zero attached hydrogens (tertiary/aromatic N) is 1. The van der Waals surface area contributed by atoms with Crippen molar-refractivity contribution in [2.75, 3.05) is 6.54 Å². The molecule has 3 rings (SSSR count). The Morgan fingerprint density at radius 1 is 1.18 bits per heavy atom. The molecule has 1 atom stereocenters. The number of hydrogen-bond acceptors (Lipinski definition) is 3. The predicted octanol–water partition coefficient (Wildman–Crippen LogP) is 2.30. The molecular formula is C13H11NO2S. The summed E-state index contributed by atoms with van der Waals surface area (Å²) in [6.07, 6.45) is 3.01. The van der Waals surface area contributed by atoms with Crippen LogP contribution in [0.3, 0.4) is 0 Å². The van der Waals surface area contributed by atoms with Crippen LogP contribution in [0.4, 0.5) is 0 Å². The molecule has 0 radical (unpaired) electrons. The van der Waals surface area contributed by atoms with E-state index in [1.165, 1.54) is 4.90 Å². The molecule has 1 unspecified atom stereocenters. The quantitative estimate of drug-likeness (QED) is 0.750. The highest BCUT2D eigenvalue weighted by molar-refractivity contribution is 8.03. The lowest BCUT2D eigenvalue weighted by Crippen LogP contribution is -2.35. The first-order chi connectivity index (χ1) is 8.27. The number of imide groups is 1. The van der Waals surface area contributed by atoms with Crippen molar-refractivity contribution in [2.24, 2.45) is 0 Å². The summed E-state index contributed by atoms with van der Waals surface area (Å²) in [6.45, 7) is 0.504. The van der Waals surface area contributed by atoms with Gasteiger partial charge in [0.25, 0.3) is 11.8 Å². The Labute approximate surface area is 103 Å². The summed E-state index contributed by atoms with van der Waals surface area (Å²) in [4.78, 5) is 25.5. The van der Waals surface area contributed by atoms with E-state index in [2.05, 4.69) is 6.08 Å². The fourth-order valence-electron chi connectivity index (χ4n) is 2.16. The number of fused-ring (bicyclic) bond motifs is 1. The molecule has 0 fully saturated rings. The number of amides is 2. The van der Waals surface area contributed by atoms with E-state index < -0.39 is 0 Å². The fourth-order valence-corrected chi connectivity index (χ4v) is 3.06. The summed E-state index contributed by atoms with van der Waals surface area (Å²) in [6, 6.07) is 7.02. The third-order valence-corrected chi connectivity index (χ3v) is 4.11. The number of carbonyl (C=O) groups is 2. The molecule has 17 heavy (non-hydrogen) atoms. The van der Waals surface area contributed by atoms with Crippen LogP contribution in [-0.4, -0.2) is 28.5 Å². The zero-order valence-electron chi connectivity index (χ0n) is 9.13. The average molecular weight is 245 g/mol. The molecule has 0 saturated heterocycles. The van der Waals surface area contributed by atoms with Crippen molar-refractivity contribution < 1.29 is 9.59 Å². The normalized spacial score (nSPS) is 22.4. The minimum absolute atomic E-state index is 0.155. The van der Waals surface area contributed by atoms with Crippen molar-refractivity contribution in [1.29, 1.82) is 0 Å². The highest BCUT2D eigenvalue weighted by atomic mass is 32.2. The maximum atomic E-state index is 12.1. The second-order valence-electron chi connectivity index (χ2n) is 4.13. The smallest absolute Gasteiger partial charge is 0.261 e. The SMILES string of the molecule is O=C1c2ccccc2C(=O)N1CC1CC=CS1. The van der Waals surface area contributed by atoms with Crippen LogP contribution in [0.5, 0.6) is 0 Å². The standard InChI is InChI=1S/C13H11NO2S/c15-12-10-5-1-2-6-11(10)13(16)14(12)8-9-4-3-7-17-9/h1-3,5-7,9H,4,8H2. The Hall–Kier alpha value is -1.55. The van der Waals surface area contributed by atoms with Crippen LogP contribution in [0, 0.1) is 0 Å². The maximum Gasteiger partial charge on any atom is 0.261 e. The molecule has 0 aliphatic carbocycles. The second kappa shape index (κ2) is 4.04. The third-order valence-electron chi connectivity index (χ3n) is 3.03. The Balaban J connectivity index is 1.85. The molecule has 0 bridgehead atoms. The fraction of sp³-hybridized carbons (Fsp3) is 0.231. The van der Waals surface area contributed by atoms with Crippen LogP contribution < -0.4 is 0 Å². The van der Waals surface area contributed by atoms with Crippen molar-refractivity contribution in [3.8, 4) is 0 Å². The van der Waals surface area contributed by atoms with Crippen molar-refractivity contribution >= 4 is 23.6 Å². The summed E-state index contributed by atoms with van der Waals surface area (Å²) in [5.41, 5.74) is 1.07. The molecule has 2 amide bonds. The highest BCUT2D eigenvalue weighted by Gasteiger charge is 2.36. The van der Waals surface area contributed by atoms with Crippen LogP contribution in [0.15, 0.2) is 35.7 Å². The lowest BCUT2D eigenvalue weighted by molar-refractivity contribution is 0.0655. The van der Waals surface area contributed by atoms with E-state index in [1.54, 1.807) is 36.0 Å². The first-order valence-corrected chi connectivity index (χ1v) is 6.47. The van der Waals surface area contributed by atoms with Crippen LogP contribution in [0.1, 0.15) is 27.1 Å². The third kappa shape index (κ3) is 1.69. The first-order valence-electron chi connectivity index (χ1n) is 5.53. The average Bonchev–Trinajstić information content (AvgIpc) is 2.94. The summed E-state index contributed by atoms with van der Waals surface area (Å²) in [7, 11) is 0. The monoisotopic (exact) mass is 245 g/mol. The van der Waals surface area contributed by atoms with Gasteiger partial charge in [-0.1, -0.05) is 18.2 Å². The lowest BCUT2D eigenvalue weighted by atomic mass is 10.1. The van der Waals surface area contributed by atoms with Crippen LogP contribution in [0.2, 0.25) is 0 Å². The van der Waals surface area contributed by atoms with Crippen molar-refractivity contribution in [2.45, 2.75) is 11.7 Å². The van der Waals surface area contributed by atoms with E-state index in [0.717, 1.165) is 6.42 Å². The predicted molar refractivity (Wildman–Crippen MR) is 66.9 cm³/mol. The Kier molecular flexibility index (Phi) is 2.52. The number of rotatable bonds is 2. The summed E-state index contributed by atoms with van der Waals surface area (Å²) >= 11 is 1.69. The van der Waals surface area contributed by atoms with Crippen molar-refractivity contribution in [3.63, 3.8) is 0 Å². The highest BCUT2D eigenvalue weighted by Crippen LogP contribution is 2.28. The van der Waals surface area contributed by atoms with Gasteiger partial charge in [-0.3, -0.25) is 14.5 Å². The molecule has 0 N–H and O–H groups in total. The maximum absolute atomic E-state index is 12.1. The molecule has 2 heterocycles. The van der Waals surface area contributed by atoms with Crippen LogP contribution in [-0.2, 0) is 0 Å². The Bertz CT molecular complexity index is 481. The lowest BCUT2D eigenvalue weighted by Gasteiger charge is -2.17. The Morgan fingerprint density at radius 2 is 1.82 bits per heavy atom. The van der Waals surface area contributed by atoms with E-state index >= 15 is 0 Å². The van der Waals surface area contributed by atoms with Crippen molar-refractivity contribution in [3.05, 3.63) is 46.9 Å². The van der Waals surface area contributed by atoms with Crippen LogP contribution >= 0.6 is 11.8 Å². The van der Waals surface area contributed by atoms with E-state index in [9.17, 15) is 9.59 Å². The molecule has 0 spiro atoms. The second-order valence-corrected chi connectivity index (χ2v) is 5.34. The van der Waals surface area contributed by atoms with E-state index in [1.807, 2.05) is 5.41 Å². The molecule has 3 nitrogen and oxygen atoms in total. The molecule has 1 aromatic rings. The number of benzene rings is 1. The molecular weight excluding hydrogens is 234 g/mol. The molecule has 2 aliphatic heterocycles. The van der Waals surface area contributed by atoms with Gasteiger partial charge in [0.2, 0.25) is 0 Å². The van der Waals surface area contributed by atoms with E-state index in [4.69, 9.17) is 0 Å². The summed E-state index contributed by atoms with van der Waals surface area (Å²) < 4.78 is 0. The van der Waals surface area contributed by atoms with E-state index in [-0.39, 0.29) is 11.8 Å². The number of allylic oxidation sites excluding steroid dienone is 1. The van der Waals surface area contributed by atoms with Gasteiger partial charge in [0.1, 0.15) is 0 Å². The molecule has 0 saturated carbocycles. The zero-order valence-corrected chi connectivity index (χ0v) is 9.94. The topological polar surface area (TPSA) is 37.4 Å². The van der Waals surface area contributed by atoms with E-state index in [0.29, 0.717) is 22.9 Å². The van der Waals surface area contributed by atoms with Gasteiger partial charge < -0.3 is 0 Å². The van der Waals surface area contributed by atoms with Gasteiger partial charge in [0, 0.05) is 11.8 Å². The summed E-state index contributed by atoms with van der Waals surface area (Å²) in [5, 5.41) is 2.35. The molecule has 4 heteroatoms. The van der Waals surface area contributed by atoms with Gasteiger partial charge in [0.15, 0.2) is 0 Å². The van der Waals surface area contributed by atoms with Gasteiger partial charge in [-0.05, 0) is 24.0 Å². The minimum atomic E-state index is -0.155. The van der Waals surface area contributed by atoms with Gasteiger partial charge in [-0.25, -0.2) is 0 Å². The van der Waals surface area contributed by atoms with Crippen molar-refractivity contribution in [1.82, 2.24) is 4.90 Å². The minimum Gasteiger partial charge on any atom is -0.273 e. The van der Waals surface area contributed by atoms with Crippen LogP contribution in [0.25, 0.3) is 0 Å². The number of thioether (sulfide) groups is 1. The van der Waals surface area contributed by atoms with Gasteiger partial charge in [0.05, 0.1) is 11.1 Å². The number of carbonyl (C=O) groups excluding carboxylic acids is 2. The van der Waals surface area contributed by atoms with Gasteiger partial charge >= 0.3 is 0 Å². The Morgan fingerprint density at radius 3 is 2.35 bits per heavy atom. The first kappa shape index (κ1) is 10.6.